The lowest BCUT2D eigenvalue weighted by atomic mass is 9.89. The minimum atomic E-state index is -0.881. The molecule has 2 aliphatic rings. The van der Waals surface area contributed by atoms with Crippen LogP contribution in [0.25, 0.3) is 0 Å². The van der Waals surface area contributed by atoms with Gasteiger partial charge in [-0.2, -0.15) is 0 Å². The lowest BCUT2D eigenvalue weighted by Gasteiger charge is -2.20. The summed E-state index contributed by atoms with van der Waals surface area (Å²) in [5.41, 5.74) is 0.940. The van der Waals surface area contributed by atoms with Gasteiger partial charge in [-0.05, 0) is 5.56 Å². The highest BCUT2D eigenvalue weighted by atomic mass is 16.4. The van der Waals surface area contributed by atoms with Gasteiger partial charge in [-0.3, -0.25) is 14.4 Å². The molecule has 0 bridgehead atoms. The number of benzene rings is 1. The summed E-state index contributed by atoms with van der Waals surface area (Å²) in [5, 5.41) is 9.49. The predicted octanol–water partition coefficient (Wildman–Crippen LogP) is 0.791. The first kappa shape index (κ1) is 15.5. The molecule has 0 radical (unpaired) electrons. The number of hydrogen-bond acceptors (Lipinski definition) is 3. The van der Waals surface area contributed by atoms with Gasteiger partial charge >= 0.3 is 5.97 Å². The zero-order valence-electron chi connectivity index (χ0n) is 13.0. The molecule has 3 unspecified atom stereocenters. The van der Waals surface area contributed by atoms with E-state index in [9.17, 15) is 19.5 Å². The van der Waals surface area contributed by atoms with Gasteiger partial charge in [0, 0.05) is 39.0 Å². The molecule has 2 fully saturated rings. The highest BCUT2D eigenvalue weighted by molar-refractivity contribution is 5.89. The number of nitrogens with zero attached hydrogens (tertiary/aromatic N) is 2. The van der Waals surface area contributed by atoms with E-state index in [0.717, 1.165) is 5.56 Å². The van der Waals surface area contributed by atoms with Crippen LogP contribution in [-0.4, -0.2) is 59.4 Å². The van der Waals surface area contributed by atoms with Crippen LogP contribution in [0.4, 0.5) is 0 Å². The highest BCUT2D eigenvalue weighted by Crippen LogP contribution is 2.34. The van der Waals surface area contributed by atoms with E-state index in [0.29, 0.717) is 13.1 Å². The number of carboxylic acid groups (broad SMARTS) is 1. The van der Waals surface area contributed by atoms with Crippen molar-refractivity contribution >= 4 is 17.8 Å². The number of rotatable bonds is 3. The largest absolute Gasteiger partial charge is 0.481 e. The van der Waals surface area contributed by atoms with Crippen molar-refractivity contribution in [3.8, 4) is 0 Å². The lowest BCUT2D eigenvalue weighted by molar-refractivity contribution is -0.142. The Bertz CT molecular complexity index is 631. The van der Waals surface area contributed by atoms with E-state index in [-0.39, 0.29) is 36.6 Å². The van der Waals surface area contributed by atoms with Crippen LogP contribution in [0.2, 0.25) is 0 Å². The second-order valence-corrected chi connectivity index (χ2v) is 6.38. The Morgan fingerprint density at radius 2 is 1.83 bits per heavy atom. The van der Waals surface area contributed by atoms with E-state index < -0.39 is 11.9 Å². The van der Waals surface area contributed by atoms with Crippen molar-refractivity contribution in [2.75, 3.05) is 26.7 Å². The molecule has 1 aromatic carbocycles. The number of aliphatic carboxylic acids is 1. The van der Waals surface area contributed by atoms with Crippen LogP contribution in [0, 0.1) is 11.8 Å². The van der Waals surface area contributed by atoms with Crippen molar-refractivity contribution in [2.45, 2.75) is 12.3 Å². The number of likely N-dealkylation sites (tertiary alicyclic amines) is 2. The van der Waals surface area contributed by atoms with Crippen molar-refractivity contribution in [1.29, 1.82) is 0 Å². The van der Waals surface area contributed by atoms with E-state index in [1.165, 1.54) is 0 Å². The molecule has 3 rings (SSSR count). The van der Waals surface area contributed by atoms with Crippen LogP contribution >= 0.6 is 0 Å². The van der Waals surface area contributed by atoms with Crippen LogP contribution in [-0.2, 0) is 14.4 Å². The van der Waals surface area contributed by atoms with Gasteiger partial charge in [0.15, 0.2) is 0 Å². The zero-order valence-corrected chi connectivity index (χ0v) is 13.0. The van der Waals surface area contributed by atoms with Crippen LogP contribution in [0.3, 0.4) is 0 Å². The Balaban J connectivity index is 1.77. The first-order chi connectivity index (χ1) is 11.0. The summed E-state index contributed by atoms with van der Waals surface area (Å²) in [6, 6.07) is 9.45. The van der Waals surface area contributed by atoms with Gasteiger partial charge in [-0.1, -0.05) is 30.3 Å². The number of amides is 2. The smallest absolute Gasteiger partial charge is 0.308 e. The molecule has 23 heavy (non-hydrogen) atoms. The molecule has 1 N–H and O–H groups in total. The summed E-state index contributed by atoms with van der Waals surface area (Å²) < 4.78 is 0. The summed E-state index contributed by atoms with van der Waals surface area (Å²) >= 11 is 0. The summed E-state index contributed by atoms with van der Waals surface area (Å²) in [5.74, 6) is -2.17. The second-order valence-electron chi connectivity index (χ2n) is 6.38. The molecule has 0 saturated carbocycles. The molecule has 0 aromatic heterocycles. The van der Waals surface area contributed by atoms with E-state index in [1.54, 1.807) is 16.8 Å². The lowest BCUT2D eigenvalue weighted by Crippen LogP contribution is -2.36. The molecule has 6 heteroatoms. The molecule has 2 saturated heterocycles. The van der Waals surface area contributed by atoms with Gasteiger partial charge in [-0.15, -0.1) is 0 Å². The van der Waals surface area contributed by atoms with Crippen molar-refractivity contribution in [3.63, 3.8) is 0 Å². The van der Waals surface area contributed by atoms with E-state index in [1.807, 2.05) is 30.3 Å². The van der Waals surface area contributed by atoms with Crippen LogP contribution in [0.15, 0.2) is 30.3 Å². The maximum atomic E-state index is 12.6. The predicted molar refractivity (Wildman–Crippen MR) is 82.6 cm³/mol. The summed E-state index contributed by atoms with van der Waals surface area (Å²) in [7, 11) is 1.69. The Kier molecular flexibility index (Phi) is 4.07. The molecule has 122 valence electrons. The molecule has 0 spiro atoms. The number of carbonyl (C=O) groups is 3. The van der Waals surface area contributed by atoms with Gasteiger partial charge < -0.3 is 14.9 Å². The third kappa shape index (κ3) is 2.93. The Morgan fingerprint density at radius 3 is 2.39 bits per heavy atom. The number of carbonyl (C=O) groups excluding carboxylic acids is 2. The van der Waals surface area contributed by atoms with Crippen molar-refractivity contribution < 1.29 is 19.5 Å². The highest BCUT2D eigenvalue weighted by Gasteiger charge is 2.43. The normalized spacial score (nSPS) is 27.5. The standard InChI is InChI=1S/C17H20N2O4/c1-18-8-12(7-15(18)20)16(21)19-9-13(14(10-19)17(22)23)11-5-3-2-4-6-11/h2-6,12-14H,7-10H2,1H3,(H,22,23). The van der Waals surface area contributed by atoms with Crippen molar-refractivity contribution in [1.82, 2.24) is 9.80 Å². The molecule has 3 atom stereocenters. The molecular weight excluding hydrogens is 296 g/mol. The van der Waals surface area contributed by atoms with Crippen molar-refractivity contribution in [3.05, 3.63) is 35.9 Å². The molecule has 2 heterocycles. The second kappa shape index (κ2) is 6.02. The monoisotopic (exact) mass is 316 g/mol. The third-order valence-electron chi connectivity index (χ3n) is 4.87. The average Bonchev–Trinajstić information content (AvgIpc) is 3.12. The van der Waals surface area contributed by atoms with Gasteiger partial charge in [0.05, 0.1) is 11.8 Å². The molecule has 2 amide bonds. The van der Waals surface area contributed by atoms with E-state index in [4.69, 9.17) is 0 Å². The molecule has 1 aromatic rings. The topological polar surface area (TPSA) is 77.9 Å². The fourth-order valence-electron chi connectivity index (χ4n) is 3.56. The number of hydrogen-bond donors (Lipinski definition) is 1. The maximum absolute atomic E-state index is 12.6. The van der Waals surface area contributed by atoms with Gasteiger partial charge in [0.25, 0.3) is 0 Å². The average molecular weight is 316 g/mol. The zero-order chi connectivity index (χ0) is 16.6. The molecule has 6 nitrogen and oxygen atoms in total. The first-order valence-electron chi connectivity index (χ1n) is 7.78. The first-order valence-corrected chi connectivity index (χ1v) is 7.78. The summed E-state index contributed by atoms with van der Waals surface area (Å²) in [4.78, 5) is 39.0. The van der Waals surface area contributed by atoms with Crippen LogP contribution in [0.5, 0.6) is 0 Å². The fourth-order valence-corrected chi connectivity index (χ4v) is 3.56. The van der Waals surface area contributed by atoms with Gasteiger partial charge in [-0.25, -0.2) is 0 Å². The Hall–Kier alpha value is -2.37. The minimum Gasteiger partial charge on any atom is -0.481 e. The Labute approximate surface area is 134 Å². The Morgan fingerprint density at radius 1 is 1.13 bits per heavy atom. The van der Waals surface area contributed by atoms with Crippen molar-refractivity contribution in [2.24, 2.45) is 11.8 Å². The van der Waals surface area contributed by atoms with Crippen LogP contribution < -0.4 is 0 Å². The molecular formula is C17H20N2O4. The van der Waals surface area contributed by atoms with E-state index >= 15 is 0 Å². The SMILES string of the molecule is CN1CC(C(=O)N2CC(C(=O)O)C(c3ccccc3)C2)CC1=O. The summed E-state index contributed by atoms with van der Waals surface area (Å²) in [6.07, 6.45) is 0.222. The molecule has 2 aliphatic heterocycles. The van der Waals surface area contributed by atoms with E-state index in [2.05, 4.69) is 0 Å². The van der Waals surface area contributed by atoms with Gasteiger partial charge in [0.1, 0.15) is 0 Å². The third-order valence-corrected chi connectivity index (χ3v) is 4.87. The quantitative estimate of drug-likeness (QED) is 0.894. The maximum Gasteiger partial charge on any atom is 0.308 e. The molecule has 0 aliphatic carbocycles. The fraction of sp³-hybridized carbons (Fsp3) is 0.471. The summed E-state index contributed by atoms with van der Waals surface area (Å²) in [6.45, 7) is 1.03. The number of carboxylic acids is 1. The van der Waals surface area contributed by atoms with Crippen LogP contribution in [0.1, 0.15) is 17.9 Å². The minimum absolute atomic E-state index is 0.0306. The van der Waals surface area contributed by atoms with Gasteiger partial charge in [0.2, 0.25) is 11.8 Å².